The molecule has 0 bridgehead atoms. The highest BCUT2D eigenvalue weighted by Crippen LogP contribution is 2.31. The summed E-state index contributed by atoms with van der Waals surface area (Å²) >= 11 is 0. The molecule has 26 heavy (non-hydrogen) atoms. The van der Waals surface area contributed by atoms with E-state index >= 15 is 0 Å². The van der Waals surface area contributed by atoms with Crippen LogP contribution in [0.2, 0.25) is 0 Å². The van der Waals surface area contributed by atoms with Crippen LogP contribution in [0.5, 0.6) is 11.5 Å². The fourth-order valence-corrected chi connectivity index (χ4v) is 2.67. The average Bonchev–Trinajstić information content (AvgIpc) is 2.59. The largest absolute Gasteiger partial charge is 0.507 e. The Kier molecular flexibility index (Phi) is 4.99. The summed E-state index contributed by atoms with van der Waals surface area (Å²) < 4.78 is 5.25. The quantitative estimate of drug-likeness (QED) is 0.649. The van der Waals surface area contributed by atoms with Crippen LogP contribution in [0.3, 0.4) is 0 Å². The van der Waals surface area contributed by atoms with E-state index in [4.69, 9.17) is 9.84 Å². The number of aliphatic hydroxyl groups excluding tert-OH is 1. The number of aromatic nitrogens is 3. The van der Waals surface area contributed by atoms with Gasteiger partial charge in [-0.25, -0.2) is 9.78 Å². The van der Waals surface area contributed by atoms with Crippen LogP contribution >= 0.6 is 0 Å². The Morgan fingerprint density at radius 3 is 2.54 bits per heavy atom. The predicted molar refractivity (Wildman–Crippen MR) is 97.2 cm³/mol. The molecule has 0 aliphatic carbocycles. The molecular formula is C19H19N3O4. The number of benzene rings is 2. The number of nitrogens with one attached hydrogen (secondary N) is 1. The van der Waals surface area contributed by atoms with E-state index < -0.39 is 5.69 Å². The van der Waals surface area contributed by atoms with Crippen LogP contribution in [0.15, 0.2) is 41.2 Å². The number of aliphatic hydroxyl groups is 1. The van der Waals surface area contributed by atoms with Crippen LogP contribution in [0.1, 0.15) is 11.1 Å². The number of hydrogen-bond donors (Lipinski definition) is 3. The van der Waals surface area contributed by atoms with E-state index in [1.165, 1.54) is 6.07 Å². The second kappa shape index (κ2) is 7.37. The van der Waals surface area contributed by atoms with Gasteiger partial charge in [0.25, 0.3) is 0 Å². The van der Waals surface area contributed by atoms with E-state index in [0.717, 1.165) is 16.7 Å². The van der Waals surface area contributed by atoms with Crippen LogP contribution in [-0.4, -0.2) is 38.4 Å². The van der Waals surface area contributed by atoms with Crippen molar-refractivity contribution in [1.29, 1.82) is 0 Å². The van der Waals surface area contributed by atoms with Crippen LogP contribution in [0.25, 0.3) is 22.8 Å². The minimum absolute atomic E-state index is 0.113. The van der Waals surface area contributed by atoms with Crippen molar-refractivity contribution in [3.63, 3.8) is 0 Å². The molecule has 0 amide bonds. The summed E-state index contributed by atoms with van der Waals surface area (Å²) in [5, 5.41) is 19.0. The average molecular weight is 353 g/mol. The zero-order chi connectivity index (χ0) is 18.7. The summed E-state index contributed by atoms with van der Waals surface area (Å²) in [6.45, 7) is 3.92. The molecule has 0 saturated heterocycles. The summed E-state index contributed by atoms with van der Waals surface area (Å²) in [7, 11) is 0. The minimum Gasteiger partial charge on any atom is -0.507 e. The normalized spacial score (nSPS) is 10.7. The second-order valence-electron chi connectivity index (χ2n) is 5.90. The van der Waals surface area contributed by atoms with Crippen LogP contribution < -0.4 is 10.4 Å². The van der Waals surface area contributed by atoms with Crippen molar-refractivity contribution in [2.45, 2.75) is 13.8 Å². The Balaban J connectivity index is 2.04. The molecule has 2 aromatic carbocycles. The fraction of sp³-hybridized carbons (Fsp3) is 0.211. The van der Waals surface area contributed by atoms with Gasteiger partial charge in [0, 0.05) is 11.6 Å². The molecule has 0 aliphatic heterocycles. The molecule has 7 heteroatoms. The third kappa shape index (κ3) is 3.73. The van der Waals surface area contributed by atoms with Crippen molar-refractivity contribution in [3.8, 4) is 34.3 Å². The Hall–Kier alpha value is -3.19. The Morgan fingerprint density at radius 2 is 1.85 bits per heavy atom. The smallest absolute Gasteiger partial charge is 0.348 e. The lowest BCUT2D eigenvalue weighted by molar-refractivity contribution is 0.201. The molecule has 3 aromatic rings. The van der Waals surface area contributed by atoms with Gasteiger partial charge in [0.2, 0.25) is 0 Å². The number of ether oxygens (including phenoxy) is 1. The summed E-state index contributed by atoms with van der Waals surface area (Å²) in [5.41, 5.74) is 2.64. The molecule has 0 fully saturated rings. The Bertz CT molecular complexity index is 998. The monoisotopic (exact) mass is 353 g/mol. The third-order valence-corrected chi connectivity index (χ3v) is 3.86. The van der Waals surface area contributed by atoms with E-state index in [-0.39, 0.29) is 24.8 Å². The molecule has 1 aromatic heterocycles. The summed E-state index contributed by atoms with van der Waals surface area (Å²) in [6.07, 6.45) is 0. The molecule has 0 saturated carbocycles. The van der Waals surface area contributed by atoms with E-state index in [1.807, 2.05) is 32.0 Å². The number of phenols is 1. The number of hydrogen-bond acceptors (Lipinski definition) is 6. The lowest BCUT2D eigenvalue weighted by Gasteiger charge is -2.10. The van der Waals surface area contributed by atoms with Crippen molar-refractivity contribution in [2.24, 2.45) is 0 Å². The van der Waals surface area contributed by atoms with E-state index in [9.17, 15) is 9.90 Å². The van der Waals surface area contributed by atoms with E-state index in [0.29, 0.717) is 17.1 Å². The van der Waals surface area contributed by atoms with Crippen LogP contribution in [0, 0.1) is 13.8 Å². The van der Waals surface area contributed by atoms with Gasteiger partial charge in [-0.3, -0.25) is 4.98 Å². The van der Waals surface area contributed by atoms with E-state index in [2.05, 4.69) is 15.0 Å². The molecular weight excluding hydrogens is 334 g/mol. The maximum Gasteiger partial charge on any atom is 0.348 e. The Labute approximate surface area is 150 Å². The molecule has 3 rings (SSSR count). The number of rotatable bonds is 5. The molecule has 0 aliphatic rings. The van der Waals surface area contributed by atoms with Gasteiger partial charge in [-0.1, -0.05) is 23.8 Å². The summed E-state index contributed by atoms with van der Waals surface area (Å²) in [4.78, 5) is 22.9. The van der Waals surface area contributed by atoms with Gasteiger partial charge in [-0.15, -0.1) is 0 Å². The molecule has 0 atom stereocenters. The van der Waals surface area contributed by atoms with Crippen LogP contribution in [-0.2, 0) is 0 Å². The molecule has 134 valence electrons. The van der Waals surface area contributed by atoms with Gasteiger partial charge in [-0.2, -0.15) is 4.98 Å². The van der Waals surface area contributed by atoms with Gasteiger partial charge >= 0.3 is 5.69 Å². The number of aryl methyl sites for hydroxylation is 2. The number of aromatic hydroxyl groups is 1. The predicted octanol–water partition coefficient (Wildman–Crippen LogP) is 2.19. The van der Waals surface area contributed by atoms with Crippen molar-refractivity contribution in [2.75, 3.05) is 13.2 Å². The highest BCUT2D eigenvalue weighted by molar-refractivity contribution is 5.68. The van der Waals surface area contributed by atoms with Gasteiger partial charge in [0.05, 0.1) is 12.2 Å². The van der Waals surface area contributed by atoms with Crippen molar-refractivity contribution in [3.05, 3.63) is 58.0 Å². The van der Waals surface area contributed by atoms with Gasteiger partial charge in [0.1, 0.15) is 23.9 Å². The first-order valence-electron chi connectivity index (χ1n) is 8.11. The first kappa shape index (κ1) is 17.6. The third-order valence-electron chi connectivity index (χ3n) is 3.86. The summed E-state index contributed by atoms with van der Waals surface area (Å²) in [6, 6.07) is 10.4. The van der Waals surface area contributed by atoms with Crippen molar-refractivity contribution >= 4 is 0 Å². The van der Waals surface area contributed by atoms with Crippen molar-refractivity contribution in [1.82, 2.24) is 15.0 Å². The zero-order valence-corrected chi connectivity index (χ0v) is 14.5. The Morgan fingerprint density at radius 1 is 1.08 bits per heavy atom. The topological polar surface area (TPSA) is 108 Å². The molecule has 3 N–H and O–H groups in total. The maximum atomic E-state index is 12.0. The standard InChI is InChI=1S/C19H19N3O4/c1-11-3-5-14(12(2)9-11)17-20-18(22-19(25)21-17)15-6-4-13(10-16(15)24)26-8-7-23/h3-6,9-10,23-24H,7-8H2,1-2H3,(H,20,21,22,25). The van der Waals surface area contributed by atoms with Crippen molar-refractivity contribution < 1.29 is 14.9 Å². The van der Waals surface area contributed by atoms with Gasteiger partial charge < -0.3 is 14.9 Å². The highest BCUT2D eigenvalue weighted by Gasteiger charge is 2.13. The van der Waals surface area contributed by atoms with Gasteiger partial charge in [-0.05, 0) is 31.5 Å². The maximum absolute atomic E-state index is 12.0. The zero-order valence-electron chi connectivity index (χ0n) is 14.5. The first-order chi connectivity index (χ1) is 12.5. The molecule has 0 radical (unpaired) electrons. The first-order valence-corrected chi connectivity index (χ1v) is 8.11. The number of H-pyrrole nitrogens is 1. The fourth-order valence-electron chi connectivity index (χ4n) is 2.67. The van der Waals surface area contributed by atoms with E-state index in [1.54, 1.807) is 12.1 Å². The number of phenolic OH excluding ortho intramolecular Hbond substituents is 1. The summed E-state index contributed by atoms with van der Waals surface area (Å²) in [5.74, 6) is 0.796. The second-order valence-corrected chi connectivity index (χ2v) is 5.90. The molecule has 0 unspecified atom stereocenters. The lowest BCUT2D eigenvalue weighted by Crippen LogP contribution is -2.14. The number of nitrogens with zero attached hydrogens (tertiary/aromatic N) is 2. The minimum atomic E-state index is -0.551. The highest BCUT2D eigenvalue weighted by atomic mass is 16.5. The molecule has 1 heterocycles. The molecule has 0 spiro atoms. The number of aromatic amines is 1. The molecule has 7 nitrogen and oxygen atoms in total. The van der Waals surface area contributed by atoms with Crippen LogP contribution in [0.4, 0.5) is 0 Å². The SMILES string of the molecule is Cc1ccc(-c2nc(-c3ccc(OCCO)cc3O)nc(=O)[nH]2)c(C)c1. The lowest BCUT2D eigenvalue weighted by atomic mass is 10.1. The van der Waals surface area contributed by atoms with Gasteiger partial charge in [0.15, 0.2) is 5.82 Å².